The van der Waals surface area contributed by atoms with Crippen molar-refractivity contribution >= 4 is 29.4 Å². The van der Waals surface area contributed by atoms with Crippen LogP contribution in [0.15, 0.2) is 48.5 Å². The normalized spacial score (nSPS) is 13.3. The third kappa shape index (κ3) is 4.03. The highest BCUT2D eigenvalue weighted by atomic mass is 35.5. The number of carbonyl (C=O) groups excluding carboxylic acids is 3. The van der Waals surface area contributed by atoms with Crippen LogP contribution < -0.4 is 4.74 Å². The van der Waals surface area contributed by atoms with E-state index in [0.29, 0.717) is 21.9 Å². The maximum Gasteiger partial charge on any atom is 0.326 e. The molecule has 0 aromatic heterocycles. The van der Waals surface area contributed by atoms with E-state index in [-0.39, 0.29) is 19.6 Å². The first-order valence-electron chi connectivity index (χ1n) is 8.02. The van der Waals surface area contributed by atoms with E-state index in [1.54, 1.807) is 48.5 Å². The third-order valence-electron chi connectivity index (χ3n) is 3.86. The quantitative estimate of drug-likeness (QED) is 0.442. The van der Waals surface area contributed by atoms with E-state index >= 15 is 0 Å². The average molecular weight is 374 g/mol. The maximum atomic E-state index is 12.4. The number of ether oxygens (including phenoxy) is 2. The van der Waals surface area contributed by atoms with Gasteiger partial charge in [0.25, 0.3) is 5.91 Å². The summed E-state index contributed by atoms with van der Waals surface area (Å²) in [6.45, 7) is -0.324. The van der Waals surface area contributed by atoms with Crippen LogP contribution in [0, 0.1) is 0 Å². The fraction of sp³-hybridized carbons (Fsp3) is 0.211. The SMILES string of the molecule is O=C(CN1C(=O)Cc2ccccc2C1=O)OCCOc1ccccc1Cl. The first-order chi connectivity index (χ1) is 12.6. The van der Waals surface area contributed by atoms with Gasteiger partial charge in [-0.3, -0.25) is 19.3 Å². The van der Waals surface area contributed by atoms with E-state index in [2.05, 4.69) is 0 Å². The molecule has 0 radical (unpaired) electrons. The van der Waals surface area contributed by atoms with Crippen molar-refractivity contribution in [3.8, 4) is 5.75 Å². The van der Waals surface area contributed by atoms with E-state index in [0.717, 1.165) is 4.90 Å². The summed E-state index contributed by atoms with van der Waals surface area (Å²) in [7, 11) is 0. The maximum absolute atomic E-state index is 12.4. The molecule has 1 aliphatic rings. The number of benzene rings is 2. The molecule has 2 aromatic rings. The molecular formula is C19H16ClNO5. The van der Waals surface area contributed by atoms with Crippen molar-refractivity contribution in [3.05, 3.63) is 64.7 Å². The number of nitrogens with zero attached hydrogens (tertiary/aromatic N) is 1. The second kappa shape index (κ2) is 8.01. The number of hydrogen-bond donors (Lipinski definition) is 0. The van der Waals surface area contributed by atoms with Gasteiger partial charge >= 0.3 is 5.97 Å². The van der Waals surface area contributed by atoms with Crippen LogP contribution in [0.25, 0.3) is 0 Å². The van der Waals surface area contributed by atoms with Crippen molar-refractivity contribution in [2.75, 3.05) is 19.8 Å². The standard InChI is InChI=1S/C19H16ClNO5/c20-15-7-3-4-8-16(15)25-9-10-26-18(23)12-21-17(22)11-13-5-1-2-6-14(13)19(21)24/h1-8H,9-12H2. The van der Waals surface area contributed by atoms with Crippen molar-refractivity contribution in [1.29, 1.82) is 0 Å². The molecule has 3 rings (SSSR count). The predicted molar refractivity (Wildman–Crippen MR) is 94.1 cm³/mol. The number of halogens is 1. The van der Waals surface area contributed by atoms with Crippen LogP contribution >= 0.6 is 11.6 Å². The topological polar surface area (TPSA) is 72.9 Å². The summed E-state index contributed by atoms with van der Waals surface area (Å²) in [6, 6.07) is 13.8. The molecule has 0 fully saturated rings. The Kier molecular flexibility index (Phi) is 5.53. The lowest BCUT2D eigenvalue weighted by Crippen LogP contribution is -2.45. The molecule has 26 heavy (non-hydrogen) atoms. The van der Waals surface area contributed by atoms with Crippen LogP contribution in [-0.2, 0) is 20.7 Å². The molecule has 0 spiro atoms. The number of imide groups is 1. The Hall–Kier alpha value is -2.86. The number of amides is 2. The molecule has 0 atom stereocenters. The molecule has 2 amide bonds. The molecule has 0 bridgehead atoms. The zero-order valence-electron chi connectivity index (χ0n) is 13.8. The van der Waals surface area contributed by atoms with Crippen LogP contribution in [-0.4, -0.2) is 42.4 Å². The van der Waals surface area contributed by atoms with Gasteiger partial charge in [-0.05, 0) is 23.8 Å². The summed E-state index contributed by atoms with van der Waals surface area (Å²) in [4.78, 5) is 37.3. The Bertz CT molecular complexity index is 851. The van der Waals surface area contributed by atoms with Crippen molar-refractivity contribution in [1.82, 2.24) is 4.90 Å². The van der Waals surface area contributed by atoms with Gasteiger partial charge in [0.15, 0.2) is 0 Å². The fourth-order valence-electron chi connectivity index (χ4n) is 2.60. The number of esters is 1. The van der Waals surface area contributed by atoms with Gasteiger partial charge in [-0.1, -0.05) is 41.9 Å². The van der Waals surface area contributed by atoms with Gasteiger partial charge in [0.2, 0.25) is 5.91 Å². The van der Waals surface area contributed by atoms with Crippen molar-refractivity contribution in [3.63, 3.8) is 0 Å². The summed E-state index contributed by atoms with van der Waals surface area (Å²) in [5.74, 6) is -1.09. The molecule has 1 aliphatic heterocycles. The van der Waals surface area contributed by atoms with Crippen LogP contribution in [0.3, 0.4) is 0 Å². The highest BCUT2D eigenvalue weighted by molar-refractivity contribution is 6.32. The summed E-state index contributed by atoms with van der Waals surface area (Å²) in [5, 5.41) is 0.460. The molecule has 0 aliphatic carbocycles. The molecule has 0 N–H and O–H groups in total. The number of hydrogen-bond acceptors (Lipinski definition) is 5. The highest BCUT2D eigenvalue weighted by Crippen LogP contribution is 2.23. The van der Waals surface area contributed by atoms with E-state index in [4.69, 9.17) is 21.1 Å². The summed E-state index contributed by atoms with van der Waals surface area (Å²) in [6.07, 6.45) is 0.0881. The van der Waals surface area contributed by atoms with E-state index < -0.39 is 24.3 Å². The summed E-state index contributed by atoms with van der Waals surface area (Å²) >= 11 is 5.95. The largest absolute Gasteiger partial charge is 0.488 e. The predicted octanol–water partition coefficient (Wildman–Crippen LogP) is 2.49. The van der Waals surface area contributed by atoms with Crippen molar-refractivity contribution < 1.29 is 23.9 Å². The van der Waals surface area contributed by atoms with Gasteiger partial charge in [-0.2, -0.15) is 0 Å². The lowest BCUT2D eigenvalue weighted by molar-refractivity contribution is -0.148. The zero-order valence-corrected chi connectivity index (χ0v) is 14.6. The first kappa shape index (κ1) is 17.9. The van der Waals surface area contributed by atoms with Gasteiger partial charge in [0.1, 0.15) is 25.5 Å². The average Bonchev–Trinajstić information content (AvgIpc) is 2.63. The van der Waals surface area contributed by atoms with Crippen LogP contribution in [0.2, 0.25) is 5.02 Å². The molecule has 2 aromatic carbocycles. The van der Waals surface area contributed by atoms with Crippen LogP contribution in [0.5, 0.6) is 5.75 Å². The summed E-state index contributed by atoms with van der Waals surface area (Å²) in [5.41, 5.74) is 1.10. The Morgan fingerprint density at radius 3 is 2.58 bits per heavy atom. The Labute approximate surface area is 155 Å². The lowest BCUT2D eigenvalue weighted by Gasteiger charge is -2.25. The molecule has 134 valence electrons. The monoisotopic (exact) mass is 373 g/mol. The molecule has 0 saturated heterocycles. The molecule has 6 nitrogen and oxygen atoms in total. The smallest absolute Gasteiger partial charge is 0.326 e. The first-order valence-corrected chi connectivity index (χ1v) is 8.39. The van der Waals surface area contributed by atoms with Gasteiger partial charge in [-0.25, -0.2) is 0 Å². The van der Waals surface area contributed by atoms with E-state index in [9.17, 15) is 14.4 Å². The van der Waals surface area contributed by atoms with E-state index in [1.165, 1.54) is 0 Å². The summed E-state index contributed by atoms with van der Waals surface area (Å²) < 4.78 is 10.4. The second-order valence-corrected chi connectivity index (χ2v) is 6.03. The lowest BCUT2D eigenvalue weighted by atomic mass is 9.98. The molecule has 1 heterocycles. The number of para-hydroxylation sites is 1. The zero-order chi connectivity index (χ0) is 18.5. The Balaban J connectivity index is 1.50. The van der Waals surface area contributed by atoms with Crippen LogP contribution in [0.1, 0.15) is 15.9 Å². The number of rotatable bonds is 6. The number of carbonyl (C=O) groups is 3. The van der Waals surface area contributed by atoms with Gasteiger partial charge < -0.3 is 9.47 Å². The molecule has 7 heteroatoms. The van der Waals surface area contributed by atoms with Crippen LogP contribution in [0.4, 0.5) is 0 Å². The van der Waals surface area contributed by atoms with E-state index in [1.807, 2.05) is 0 Å². The molecular weight excluding hydrogens is 358 g/mol. The highest BCUT2D eigenvalue weighted by Gasteiger charge is 2.32. The molecule has 0 unspecified atom stereocenters. The minimum Gasteiger partial charge on any atom is -0.488 e. The third-order valence-corrected chi connectivity index (χ3v) is 4.18. The van der Waals surface area contributed by atoms with Gasteiger partial charge in [0.05, 0.1) is 11.4 Å². The minimum atomic E-state index is -0.672. The van der Waals surface area contributed by atoms with Crippen molar-refractivity contribution in [2.45, 2.75) is 6.42 Å². The van der Waals surface area contributed by atoms with Crippen molar-refractivity contribution in [2.24, 2.45) is 0 Å². The fourth-order valence-corrected chi connectivity index (χ4v) is 2.79. The van der Waals surface area contributed by atoms with Gasteiger partial charge in [-0.15, -0.1) is 0 Å². The van der Waals surface area contributed by atoms with Gasteiger partial charge in [0, 0.05) is 5.56 Å². The molecule has 0 saturated carbocycles. The number of fused-ring (bicyclic) bond motifs is 1. The Morgan fingerprint density at radius 1 is 1.04 bits per heavy atom. The second-order valence-electron chi connectivity index (χ2n) is 5.62. The Morgan fingerprint density at radius 2 is 1.77 bits per heavy atom. The minimum absolute atomic E-state index is 0.0170.